The fourth-order valence-electron chi connectivity index (χ4n) is 4.25. The molecule has 0 aliphatic carbocycles. The van der Waals surface area contributed by atoms with Crippen LogP contribution in [-0.4, -0.2) is 52.9 Å². The summed E-state index contributed by atoms with van der Waals surface area (Å²) in [6.07, 6.45) is 5.15. The van der Waals surface area contributed by atoms with E-state index in [-0.39, 0.29) is 24.0 Å². The van der Waals surface area contributed by atoms with Gasteiger partial charge in [0.15, 0.2) is 5.96 Å². The van der Waals surface area contributed by atoms with Crippen LogP contribution < -0.4 is 10.6 Å². The largest absolute Gasteiger partial charge is 0.357 e. The van der Waals surface area contributed by atoms with Crippen molar-refractivity contribution in [2.75, 3.05) is 26.2 Å². The molecule has 6 nitrogen and oxygen atoms in total. The van der Waals surface area contributed by atoms with Crippen molar-refractivity contribution in [3.8, 4) is 0 Å². The maximum atomic E-state index is 4.85. The zero-order valence-corrected chi connectivity index (χ0v) is 21.0. The highest BCUT2D eigenvalue weighted by molar-refractivity contribution is 14.0. The SMILES string of the molecule is CCNC(=NCc1c(C)nn(C)c1C)NCC(C(CC)CC)N1CCCC1.I. The van der Waals surface area contributed by atoms with Crippen molar-refractivity contribution in [3.05, 3.63) is 17.0 Å². The fourth-order valence-corrected chi connectivity index (χ4v) is 4.25. The number of aryl methyl sites for hydroxylation is 2. The minimum atomic E-state index is 0. The molecule has 7 heteroatoms. The van der Waals surface area contributed by atoms with Crippen LogP contribution >= 0.6 is 24.0 Å². The third-order valence-corrected chi connectivity index (χ3v) is 6.08. The zero-order chi connectivity index (χ0) is 19.8. The van der Waals surface area contributed by atoms with Crippen LogP contribution in [0, 0.1) is 19.8 Å². The molecule has 2 N–H and O–H groups in total. The molecule has 1 unspecified atom stereocenters. The molecule has 1 aliphatic rings. The van der Waals surface area contributed by atoms with Crippen LogP contribution in [-0.2, 0) is 13.6 Å². The van der Waals surface area contributed by atoms with Crippen LogP contribution in [0.15, 0.2) is 4.99 Å². The van der Waals surface area contributed by atoms with Crippen LogP contribution in [0.2, 0.25) is 0 Å². The number of nitrogens with one attached hydrogen (secondary N) is 2. The van der Waals surface area contributed by atoms with E-state index in [9.17, 15) is 0 Å². The van der Waals surface area contributed by atoms with Crippen LogP contribution in [0.25, 0.3) is 0 Å². The van der Waals surface area contributed by atoms with Gasteiger partial charge in [0.05, 0.1) is 12.2 Å². The summed E-state index contributed by atoms with van der Waals surface area (Å²) in [7, 11) is 2.00. The predicted octanol–water partition coefficient (Wildman–Crippen LogP) is 3.61. The second-order valence-electron chi connectivity index (χ2n) is 7.74. The maximum absolute atomic E-state index is 4.85. The number of aliphatic imine (C=N–C) groups is 1. The second kappa shape index (κ2) is 12.7. The molecule has 0 amide bonds. The Morgan fingerprint density at radius 2 is 1.75 bits per heavy atom. The number of hydrogen-bond donors (Lipinski definition) is 2. The van der Waals surface area contributed by atoms with Crippen molar-refractivity contribution in [2.24, 2.45) is 18.0 Å². The monoisotopic (exact) mass is 504 g/mol. The summed E-state index contributed by atoms with van der Waals surface area (Å²) in [5.74, 6) is 1.65. The van der Waals surface area contributed by atoms with Gasteiger partial charge in [0, 0.05) is 37.4 Å². The van der Waals surface area contributed by atoms with Gasteiger partial charge in [0.25, 0.3) is 0 Å². The molecule has 0 radical (unpaired) electrons. The lowest BCUT2D eigenvalue weighted by atomic mass is 9.93. The maximum Gasteiger partial charge on any atom is 0.191 e. The summed E-state index contributed by atoms with van der Waals surface area (Å²) in [6.45, 7) is 15.9. The molecular weight excluding hydrogens is 463 g/mol. The molecule has 1 aromatic heterocycles. The van der Waals surface area contributed by atoms with E-state index < -0.39 is 0 Å². The molecule has 1 atom stereocenters. The Morgan fingerprint density at radius 1 is 1.11 bits per heavy atom. The van der Waals surface area contributed by atoms with Crippen LogP contribution in [0.4, 0.5) is 0 Å². The zero-order valence-electron chi connectivity index (χ0n) is 18.7. The number of nitrogens with zero attached hydrogens (tertiary/aromatic N) is 4. The van der Waals surface area contributed by atoms with Gasteiger partial charge < -0.3 is 10.6 Å². The van der Waals surface area contributed by atoms with Gasteiger partial charge in [-0.3, -0.25) is 9.58 Å². The van der Waals surface area contributed by atoms with E-state index in [0.717, 1.165) is 30.7 Å². The van der Waals surface area contributed by atoms with Crippen molar-refractivity contribution < 1.29 is 0 Å². The van der Waals surface area contributed by atoms with Crippen LogP contribution in [0.5, 0.6) is 0 Å². The molecule has 1 fully saturated rings. The number of halogens is 1. The van der Waals surface area contributed by atoms with Crippen molar-refractivity contribution in [2.45, 2.75) is 72.9 Å². The van der Waals surface area contributed by atoms with E-state index in [1.807, 2.05) is 11.7 Å². The summed E-state index contributed by atoms with van der Waals surface area (Å²) in [6, 6.07) is 0.591. The molecule has 2 heterocycles. The number of likely N-dealkylation sites (tertiary alicyclic amines) is 1. The summed E-state index contributed by atoms with van der Waals surface area (Å²) in [4.78, 5) is 7.54. The minimum absolute atomic E-state index is 0. The summed E-state index contributed by atoms with van der Waals surface area (Å²) in [5, 5.41) is 11.6. The third kappa shape index (κ3) is 6.61. The second-order valence-corrected chi connectivity index (χ2v) is 7.74. The molecule has 0 aromatic carbocycles. The van der Waals surface area contributed by atoms with Crippen LogP contribution in [0.3, 0.4) is 0 Å². The normalized spacial score (nSPS) is 16.3. The van der Waals surface area contributed by atoms with E-state index in [2.05, 4.69) is 55.3 Å². The van der Waals surface area contributed by atoms with Gasteiger partial charge in [-0.15, -0.1) is 24.0 Å². The van der Waals surface area contributed by atoms with Crippen molar-refractivity contribution in [1.82, 2.24) is 25.3 Å². The first kappa shape index (κ1) is 25.2. The van der Waals surface area contributed by atoms with Gasteiger partial charge in [-0.05, 0) is 52.6 Å². The highest BCUT2D eigenvalue weighted by atomic mass is 127. The van der Waals surface area contributed by atoms with E-state index in [4.69, 9.17) is 4.99 Å². The Labute approximate surface area is 189 Å². The molecule has 1 saturated heterocycles. The Hall–Kier alpha value is -0.830. The van der Waals surface area contributed by atoms with Gasteiger partial charge in [-0.1, -0.05) is 26.7 Å². The highest BCUT2D eigenvalue weighted by Crippen LogP contribution is 2.22. The number of aromatic nitrogens is 2. The first-order valence-electron chi connectivity index (χ1n) is 10.8. The summed E-state index contributed by atoms with van der Waals surface area (Å²) in [5.41, 5.74) is 3.49. The first-order valence-corrected chi connectivity index (χ1v) is 10.8. The minimum Gasteiger partial charge on any atom is -0.357 e. The third-order valence-electron chi connectivity index (χ3n) is 6.08. The van der Waals surface area contributed by atoms with Gasteiger partial charge in [0.2, 0.25) is 0 Å². The molecular formula is C21H41IN6. The van der Waals surface area contributed by atoms with Crippen molar-refractivity contribution in [3.63, 3.8) is 0 Å². The highest BCUT2D eigenvalue weighted by Gasteiger charge is 2.27. The van der Waals surface area contributed by atoms with Crippen molar-refractivity contribution in [1.29, 1.82) is 0 Å². The Balaban J connectivity index is 0.00000392. The van der Waals surface area contributed by atoms with Gasteiger partial charge in [0.1, 0.15) is 0 Å². The molecule has 1 aliphatic heterocycles. The van der Waals surface area contributed by atoms with Gasteiger partial charge in [-0.25, -0.2) is 4.99 Å². The lowest BCUT2D eigenvalue weighted by Crippen LogP contribution is -2.49. The summed E-state index contributed by atoms with van der Waals surface area (Å²) >= 11 is 0. The van der Waals surface area contributed by atoms with Gasteiger partial charge >= 0.3 is 0 Å². The van der Waals surface area contributed by atoms with E-state index in [0.29, 0.717) is 12.6 Å². The Kier molecular flexibility index (Phi) is 11.4. The Bertz CT molecular complexity index is 600. The standard InChI is InChI=1S/C21H40N6.HI/c1-7-18(8-2)20(27-12-10-11-13-27)15-24-21(22-9-3)23-14-19-16(4)25-26(6)17(19)5;/h18,20H,7-15H2,1-6H3,(H2,22,23,24);1H. The quantitative estimate of drug-likeness (QED) is 0.307. The smallest absolute Gasteiger partial charge is 0.191 e. The van der Waals surface area contributed by atoms with Gasteiger partial charge in [-0.2, -0.15) is 5.10 Å². The topological polar surface area (TPSA) is 57.5 Å². The molecule has 2 rings (SSSR count). The van der Waals surface area contributed by atoms with Crippen LogP contribution in [0.1, 0.15) is 63.4 Å². The molecule has 0 bridgehead atoms. The average Bonchev–Trinajstić information content (AvgIpc) is 3.26. The molecule has 0 spiro atoms. The summed E-state index contributed by atoms with van der Waals surface area (Å²) < 4.78 is 1.94. The molecule has 28 heavy (non-hydrogen) atoms. The average molecular weight is 505 g/mol. The lowest BCUT2D eigenvalue weighted by molar-refractivity contribution is 0.166. The van der Waals surface area contributed by atoms with E-state index in [1.54, 1.807) is 0 Å². The number of hydrogen-bond acceptors (Lipinski definition) is 3. The molecule has 1 aromatic rings. The van der Waals surface area contributed by atoms with Crippen molar-refractivity contribution >= 4 is 29.9 Å². The fraction of sp³-hybridized carbons (Fsp3) is 0.810. The molecule has 0 saturated carbocycles. The number of rotatable bonds is 9. The first-order chi connectivity index (χ1) is 13.0. The van der Waals surface area contributed by atoms with E-state index >= 15 is 0 Å². The number of guanidine groups is 1. The predicted molar refractivity (Wildman–Crippen MR) is 130 cm³/mol. The van der Waals surface area contributed by atoms with E-state index in [1.165, 1.54) is 50.0 Å². The lowest BCUT2D eigenvalue weighted by Gasteiger charge is -2.34. The molecule has 162 valence electrons. The Morgan fingerprint density at radius 3 is 2.25 bits per heavy atom.